The first kappa shape index (κ1) is 15.7. The summed E-state index contributed by atoms with van der Waals surface area (Å²) in [5.74, 6) is 1.39. The molecule has 3 rings (SSSR count). The Morgan fingerprint density at radius 1 is 1.43 bits per heavy atom. The Morgan fingerprint density at radius 2 is 2.22 bits per heavy atom. The topological polar surface area (TPSA) is 88.9 Å². The van der Waals surface area contributed by atoms with Crippen molar-refractivity contribution in [2.45, 2.75) is 45.9 Å². The first-order valence-corrected chi connectivity index (χ1v) is 7.70. The highest BCUT2D eigenvalue weighted by atomic mass is 16.5. The molecule has 2 atom stereocenters. The second-order valence-electron chi connectivity index (χ2n) is 6.02. The summed E-state index contributed by atoms with van der Waals surface area (Å²) >= 11 is 0. The predicted molar refractivity (Wildman–Crippen MR) is 82.7 cm³/mol. The molecule has 8 nitrogen and oxygen atoms in total. The smallest absolute Gasteiger partial charge is 0.245 e. The summed E-state index contributed by atoms with van der Waals surface area (Å²) in [5, 5.41) is 11.4. The molecule has 1 aliphatic rings. The molecule has 3 heterocycles. The lowest BCUT2D eigenvalue weighted by atomic mass is 10.2. The molecule has 1 N–H and O–H groups in total. The van der Waals surface area contributed by atoms with Gasteiger partial charge in [0.2, 0.25) is 5.91 Å². The number of amides is 1. The minimum Gasteiger partial charge on any atom is -0.380 e. The number of rotatable bonds is 4. The van der Waals surface area contributed by atoms with Crippen LogP contribution >= 0.6 is 0 Å². The Kier molecular flexibility index (Phi) is 4.16. The van der Waals surface area contributed by atoms with Crippen LogP contribution in [0.15, 0.2) is 6.07 Å². The molecule has 1 saturated heterocycles. The Bertz CT molecular complexity index is 707. The van der Waals surface area contributed by atoms with Gasteiger partial charge in [-0.3, -0.25) is 14.6 Å². The number of hydrogen-bond donors (Lipinski definition) is 1. The molecular weight excluding hydrogens is 296 g/mol. The van der Waals surface area contributed by atoms with Gasteiger partial charge in [-0.15, -0.1) is 0 Å². The van der Waals surface area contributed by atoms with E-state index in [1.807, 2.05) is 26.8 Å². The van der Waals surface area contributed by atoms with Crippen molar-refractivity contribution < 1.29 is 9.53 Å². The van der Waals surface area contributed by atoms with Gasteiger partial charge >= 0.3 is 0 Å². The maximum Gasteiger partial charge on any atom is 0.245 e. The van der Waals surface area contributed by atoms with Gasteiger partial charge in [0.25, 0.3) is 0 Å². The van der Waals surface area contributed by atoms with Crippen LogP contribution in [0.25, 0.3) is 0 Å². The van der Waals surface area contributed by atoms with Gasteiger partial charge in [-0.2, -0.15) is 10.2 Å². The fraction of sp³-hybridized carbons (Fsp3) is 0.600. The molecule has 0 saturated carbocycles. The van der Waals surface area contributed by atoms with E-state index >= 15 is 0 Å². The van der Waals surface area contributed by atoms with Crippen LogP contribution in [-0.2, 0) is 16.1 Å². The first-order chi connectivity index (χ1) is 11.0. The number of carbonyl (C=O) groups is 1. The number of carbonyl (C=O) groups excluding carboxylic acids is 1. The van der Waals surface area contributed by atoms with Gasteiger partial charge in [-0.1, -0.05) is 0 Å². The van der Waals surface area contributed by atoms with Crippen LogP contribution in [0.1, 0.15) is 35.5 Å². The molecule has 0 bridgehead atoms. The van der Waals surface area contributed by atoms with Crippen molar-refractivity contribution in [3.63, 3.8) is 0 Å². The van der Waals surface area contributed by atoms with E-state index in [0.717, 1.165) is 17.2 Å². The Labute approximate surface area is 134 Å². The molecule has 23 heavy (non-hydrogen) atoms. The van der Waals surface area contributed by atoms with Crippen LogP contribution in [-0.4, -0.2) is 55.5 Å². The molecule has 0 aromatic carbocycles. The van der Waals surface area contributed by atoms with Crippen molar-refractivity contribution in [1.82, 2.24) is 29.9 Å². The van der Waals surface area contributed by atoms with Gasteiger partial charge in [-0.05, 0) is 26.8 Å². The van der Waals surface area contributed by atoms with E-state index in [-0.39, 0.29) is 24.6 Å². The van der Waals surface area contributed by atoms with Crippen molar-refractivity contribution in [1.29, 1.82) is 0 Å². The second kappa shape index (κ2) is 6.11. The summed E-state index contributed by atoms with van der Waals surface area (Å²) < 4.78 is 7.18. The van der Waals surface area contributed by atoms with Crippen molar-refractivity contribution in [2.75, 3.05) is 13.7 Å². The van der Waals surface area contributed by atoms with E-state index in [2.05, 4.69) is 20.3 Å². The van der Waals surface area contributed by atoms with Crippen LogP contribution < -0.4 is 0 Å². The number of likely N-dealkylation sites (tertiary alicyclic amines) is 1. The maximum atomic E-state index is 12.8. The molecule has 0 unspecified atom stereocenters. The fourth-order valence-electron chi connectivity index (χ4n) is 3.05. The van der Waals surface area contributed by atoms with Crippen LogP contribution in [0.5, 0.6) is 0 Å². The average molecular weight is 318 g/mol. The summed E-state index contributed by atoms with van der Waals surface area (Å²) in [6.45, 7) is 6.49. The van der Waals surface area contributed by atoms with E-state index < -0.39 is 0 Å². The van der Waals surface area contributed by atoms with Crippen LogP contribution in [0, 0.1) is 20.8 Å². The van der Waals surface area contributed by atoms with Gasteiger partial charge in [-0.25, -0.2) is 4.98 Å². The van der Waals surface area contributed by atoms with E-state index in [9.17, 15) is 4.79 Å². The zero-order chi connectivity index (χ0) is 16.6. The van der Waals surface area contributed by atoms with Gasteiger partial charge in [0.1, 0.15) is 12.4 Å². The van der Waals surface area contributed by atoms with Gasteiger partial charge in [0.05, 0.1) is 17.8 Å². The lowest BCUT2D eigenvalue weighted by Gasteiger charge is -2.22. The van der Waals surface area contributed by atoms with Crippen LogP contribution in [0.3, 0.4) is 0 Å². The van der Waals surface area contributed by atoms with Gasteiger partial charge in [0.15, 0.2) is 5.82 Å². The monoisotopic (exact) mass is 318 g/mol. The number of hydrogen-bond acceptors (Lipinski definition) is 5. The highest BCUT2D eigenvalue weighted by Gasteiger charge is 2.38. The van der Waals surface area contributed by atoms with Crippen molar-refractivity contribution in [3.8, 4) is 0 Å². The van der Waals surface area contributed by atoms with E-state index in [0.29, 0.717) is 18.8 Å². The summed E-state index contributed by atoms with van der Waals surface area (Å²) in [6, 6.07) is 1.81. The third-order valence-electron chi connectivity index (χ3n) is 4.22. The summed E-state index contributed by atoms with van der Waals surface area (Å²) in [4.78, 5) is 19.0. The molecule has 0 spiro atoms. The number of methoxy groups -OCH3 is 1. The van der Waals surface area contributed by atoms with E-state index in [4.69, 9.17) is 4.74 Å². The van der Waals surface area contributed by atoms with Crippen molar-refractivity contribution in [2.24, 2.45) is 0 Å². The highest BCUT2D eigenvalue weighted by molar-refractivity contribution is 5.77. The zero-order valence-corrected chi connectivity index (χ0v) is 13.9. The minimum absolute atomic E-state index is 0.00297. The number of ether oxygens (including phenoxy) is 1. The molecule has 2 aromatic rings. The molecule has 2 aromatic heterocycles. The quantitative estimate of drug-likeness (QED) is 0.905. The molecule has 1 aliphatic heterocycles. The Morgan fingerprint density at radius 3 is 2.78 bits per heavy atom. The molecular formula is C15H22N6O2. The Balaban J connectivity index is 1.80. The van der Waals surface area contributed by atoms with E-state index in [1.165, 1.54) is 0 Å². The lowest BCUT2D eigenvalue weighted by molar-refractivity contribution is -0.133. The standard InChI is InChI=1S/C15H22N6O2/c1-9-5-10(2)21(19-9)8-14(22)20-7-12(23-4)6-13(20)15-16-11(3)17-18-15/h5,12-13H,6-8H2,1-4H3,(H,16,17,18)/t12-,13+/m1/s1. The summed E-state index contributed by atoms with van der Waals surface area (Å²) in [5.41, 5.74) is 1.89. The number of H-pyrrole nitrogens is 1. The molecule has 0 radical (unpaired) electrons. The summed E-state index contributed by atoms with van der Waals surface area (Å²) in [7, 11) is 1.67. The molecule has 8 heteroatoms. The SMILES string of the molecule is CO[C@@H]1C[C@@H](c2n[nH]c(C)n2)N(C(=O)Cn2nc(C)cc2C)C1. The maximum absolute atomic E-state index is 12.8. The number of nitrogens with zero attached hydrogens (tertiary/aromatic N) is 5. The first-order valence-electron chi connectivity index (χ1n) is 7.70. The van der Waals surface area contributed by atoms with Crippen molar-refractivity contribution >= 4 is 5.91 Å². The third-order valence-corrected chi connectivity index (χ3v) is 4.22. The molecule has 0 aliphatic carbocycles. The lowest BCUT2D eigenvalue weighted by Crippen LogP contribution is -2.35. The normalized spacial score (nSPS) is 21.1. The highest BCUT2D eigenvalue weighted by Crippen LogP contribution is 2.31. The molecule has 1 amide bonds. The molecule has 1 fully saturated rings. The second-order valence-corrected chi connectivity index (χ2v) is 6.02. The van der Waals surface area contributed by atoms with Crippen LogP contribution in [0.2, 0.25) is 0 Å². The van der Waals surface area contributed by atoms with Gasteiger partial charge in [0, 0.05) is 25.8 Å². The number of aromatic amines is 1. The van der Waals surface area contributed by atoms with Crippen molar-refractivity contribution in [3.05, 3.63) is 29.1 Å². The zero-order valence-electron chi connectivity index (χ0n) is 13.9. The van der Waals surface area contributed by atoms with Gasteiger partial charge < -0.3 is 9.64 Å². The fourth-order valence-corrected chi connectivity index (χ4v) is 3.05. The third kappa shape index (κ3) is 3.12. The van der Waals surface area contributed by atoms with Crippen LogP contribution in [0.4, 0.5) is 0 Å². The number of aryl methyl sites for hydroxylation is 3. The minimum atomic E-state index is -0.158. The predicted octanol–water partition coefficient (Wildman–Crippen LogP) is 0.915. The molecule has 124 valence electrons. The van der Waals surface area contributed by atoms with E-state index in [1.54, 1.807) is 16.7 Å². The number of nitrogens with one attached hydrogen (secondary N) is 1. The average Bonchev–Trinajstić information content (AvgIpc) is 3.18. The largest absolute Gasteiger partial charge is 0.380 e. The Hall–Kier alpha value is -2.22. The number of aromatic nitrogens is 5. The summed E-state index contributed by atoms with van der Waals surface area (Å²) in [6.07, 6.45) is 0.708.